The smallest absolute Gasteiger partial charge is 0.306 e. The third-order valence-corrected chi connectivity index (χ3v) is 6.00. The molecule has 3 heteroatoms. The van der Waals surface area contributed by atoms with Crippen molar-refractivity contribution in [1.29, 1.82) is 0 Å². The van der Waals surface area contributed by atoms with E-state index in [4.69, 9.17) is 0 Å². The average molecular weight is 279 g/mol. The van der Waals surface area contributed by atoms with Crippen LogP contribution in [0, 0.1) is 17.3 Å². The van der Waals surface area contributed by atoms with Crippen molar-refractivity contribution in [1.82, 2.24) is 4.90 Å². The molecule has 1 heterocycles. The monoisotopic (exact) mass is 279 g/mol. The van der Waals surface area contributed by atoms with Gasteiger partial charge >= 0.3 is 5.97 Å². The van der Waals surface area contributed by atoms with Gasteiger partial charge in [-0.15, -0.1) is 0 Å². The summed E-state index contributed by atoms with van der Waals surface area (Å²) in [6, 6.07) is 0. The molecule has 3 nitrogen and oxygen atoms in total. The van der Waals surface area contributed by atoms with Gasteiger partial charge in [-0.05, 0) is 37.0 Å². The van der Waals surface area contributed by atoms with Crippen LogP contribution in [0.4, 0.5) is 0 Å². The molecule has 1 saturated heterocycles. The normalized spacial score (nSPS) is 34.4. The number of carboxylic acid groups (broad SMARTS) is 1. The molecule has 3 aliphatic rings. The SMILES string of the molecule is O=C(O)C1CCCCC1CN1CC2(CCCCCC2)C1. The number of hydrogen-bond donors (Lipinski definition) is 1. The number of carboxylic acids is 1. The van der Waals surface area contributed by atoms with Gasteiger partial charge in [-0.3, -0.25) is 4.79 Å². The first kappa shape index (κ1) is 14.4. The lowest BCUT2D eigenvalue weighted by Crippen LogP contribution is -2.57. The van der Waals surface area contributed by atoms with Crippen LogP contribution in [0.25, 0.3) is 0 Å². The van der Waals surface area contributed by atoms with Crippen molar-refractivity contribution in [3.05, 3.63) is 0 Å². The number of rotatable bonds is 3. The van der Waals surface area contributed by atoms with Crippen LogP contribution in [0.5, 0.6) is 0 Å². The third kappa shape index (κ3) is 3.03. The van der Waals surface area contributed by atoms with Crippen molar-refractivity contribution in [3.8, 4) is 0 Å². The minimum absolute atomic E-state index is 0.0746. The molecule has 1 aliphatic heterocycles. The van der Waals surface area contributed by atoms with Gasteiger partial charge in [0.25, 0.3) is 0 Å². The average Bonchev–Trinajstić information content (AvgIpc) is 2.64. The summed E-state index contributed by atoms with van der Waals surface area (Å²) in [5.74, 6) is -0.224. The summed E-state index contributed by atoms with van der Waals surface area (Å²) in [5.41, 5.74) is 0.615. The van der Waals surface area contributed by atoms with E-state index in [0.717, 1.165) is 25.8 Å². The fourth-order valence-corrected chi connectivity index (χ4v) is 4.91. The van der Waals surface area contributed by atoms with Gasteiger partial charge in [-0.25, -0.2) is 0 Å². The molecule has 0 aromatic rings. The Balaban J connectivity index is 1.51. The van der Waals surface area contributed by atoms with Crippen molar-refractivity contribution in [2.75, 3.05) is 19.6 Å². The van der Waals surface area contributed by atoms with Gasteiger partial charge in [0, 0.05) is 19.6 Å². The molecule has 0 bridgehead atoms. The topological polar surface area (TPSA) is 40.5 Å². The molecule has 0 aromatic carbocycles. The zero-order chi connectivity index (χ0) is 14.0. The second kappa shape index (κ2) is 6.05. The lowest BCUT2D eigenvalue weighted by molar-refractivity contribution is -0.146. The summed E-state index contributed by atoms with van der Waals surface area (Å²) in [5, 5.41) is 9.37. The zero-order valence-corrected chi connectivity index (χ0v) is 12.6. The number of nitrogens with zero attached hydrogens (tertiary/aromatic N) is 1. The van der Waals surface area contributed by atoms with E-state index in [1.54, 1.807) is 0 Å². The van der Waals surface area contributed by atoms with E-state index in [-0.39, 0.29) is 5.92 Å². The van der Waals surface area contributed by atoms with Crippen LogP contribution in [0.1, 0.15) is 64.2 Å². The van der Waals surface area contributed by atoms with Crippen LogP contribution >= 0.6 is 0 Å². The summed E-state index contributed by atoms with van der Waals surface area (Å²) in [6.45, 7) is 3.53. The highest BCUT2D eigenvalue weighted by molar-refractivity contribution is 5.70. The molecule has 2 aliphatic carbocycles. The first-order valence-electron chi connectivity index (χ1n) is 8.64. The quantitative estimate of drug-likeness (QED) is 0.859. The summed E-state index contributed by atoms with van der Waals surface area (Å²) in [7, 11) is 0. The largest absolute Gasteiger partial charge is 0.481 e. The lowest BCUT2D eigenvalue weighted by Gasteiger charge is -2.52. The molecule has 1 spiro atoms. The van der Waals surface area contributed by atoms with Gasteiger partial charge in [0.05, 0.1) is 5.92 Å². The molecule has 0 radical (unpaired) electrons. The number of carbonyl (C=O) groups is 1. The van der Waals surface area contributed by atoms with Gasteiger partial charge in [-0.2, -0.15) is 0 Å². The highest BCUT2D eigenvalue weighted by Crippen LogP contribution is 2.44. The van der Waals surface area contributed by atoms with E-state index in [9.17, 15) is 9.90 Å². The molecule has 1 N–H and O–H groups in total. The lowest BCUT2D eigenvalue weighted by atomic mass is 9.72. The van der Waals surface area contributed by atoms with Gasteiger partial charge in [0.1, 0.15) is 0 Å². The van der Waals surface area contributed by atoms with E-state index < -0.39 is 5.97 Å². The van der Waals surface area contributed by atoms with E-state index in [0.29, 0.717) is 11.3 Å². The number of hydrogen-bond acceptors (Lipinski definition) is 2. The second-order valence-electron chi connectivity index (χ2n) is 7.57. The zero-order valence-electron chi connectivity index (χ0n) is 12.6. The Morgan fingerprint density at radius 3 is 2.30 bits per heavy atom. The van der Waals surface area contributed by atoms with Crippen LogP contribution in [-0.4, -0.2) is 35.6 Å². The molecule has 20 heavy (non-hydrogen) atoms. The number of likely N-dealkylation sites (tertiary alicyclic amines) is 1. The van der Waals surface area contributed by atoms with Gasteiger partial charge in [0.15, 0.2) is 0 Å². The van der Waals surface area contributed by atoms with E-state index in [1.165, 1.54) is 58.0 Å². The molecule has 0 amide bonds. The maximum Gasteiger partial charge on any atom is 0.306 e. The Bertz CT molecular complexity index is 339. The maximum atomic E-state index is 11.4. The molecular weight excluding hydrogens is 250 g/mol. The Kier molecular flexibility index (Phi) is 4.34. The van der Waals surface area contributed by atoms with Crippen molar-refractivity contribution >= 4 is 5.97 Å². The van der Waals surface area contributed by atoms with Gasteiger partial charge in [-0.1, -0.05) is 38.5 Å². The van der Waals surface area contributed by atoms with Crippen LogP contribution in [0.2, 0.25) is 0 Å². The van der Waals surface area contributed by atoms with Crippen LogP contribution in [0.3, 0.4) is 0 Å². The first-order chi connectivity index (χ1) is 9.69. The fraction of sp³-hybridized carbons (Fsp3) is 0.941. The summed E-state index contributed by atoms with van der Waals surface area (Å²) < 4.78 is 0. The molecule has 2 unspecified atom stereocenters. The van der Waals surface area contributed by atoms with Crippen LogP contribution in [-0.2, 0) is 4.79 Å². The minimum atomic E-state index is -0.556. The Labute approximate surface area is 122 Å². The van der Waals surface area contributed by atoms with E-state index >= 15 is 0 Å². The first-order valence-corrected chi connectivity index (χ1v) is 8.64. The van der Waals surface area contributed by atoms with Crippen molar-refractivity contribution in [2.24, 2.45) is 17.3 Å². The van der Waals surface area contributed by atoms with Crippen LogP contribution in [0.15, 0.2) is 0 Å². The minimum Gasteiger partial charge on any atom is -0.481 e. The van der Waals surface area contributed by atoms with Crippen molar-refractivity contribution in [2.45, 2.75) is 64.2 Å². The van der Waals surface area contributed by atoms with E-state index in [1.807, 2.05) is 0 Å². The number of aliphatic carboxylic acids is 1. The van der Waals surface area contributed by atoms with Gasteiger partial charge < -0.3 is 10.0 Å². The van der Waals surface area contributed by atoms with E-state index in [2.05, 4.69) is 4.90 Å². The summed E-state index contributed by atoms with van der Waals surface area (Å²) >= 11 is 0. The maximum absolute atomic E-state index is 11.4. The molecule has 114 valence electrons. The predicted octanol–water partition coefficient (Wildman–Crippen LogP) is 3.53. The van der Waals surface area contributed by atoms with Gasteiger partial charge in [0.2, 0.25) is 0 Å². The Morgan fingerprint density at radius 2 is 1.65 bits per heavy atom. The Morgan fingerprint density at radius 1 is 1.00 bits per heavy atom. The van der Waals surface area contributed by atoms with Crippen molar-refractivity contribution < 1.29 is 9.90 Å². The summed E-state index contributed by atoms with van der Waals surface area (Å²) in [6.07, 6.45) is 12.9. The highest BCUT2D eigenvalue weighted by atomic mass is 16.4. The molecule has 2 atom stereocenters. The molecule has 3 rings (SSSR count). The highest BCUT2D eigenvalue weighted by Gasteiger charge is 2.44. The molecular formula is C17H29NO2. The second-order valence-corrected chi connectivity index (χ2v) is 7.57. The fourth-order valence-electron chi connectivity index (χ4n) is 4.91. The molecule has 3 fully saturated rings. The third-order valence-electron chi connectivity index (χ3n) is 6.00. The van der Waals surface area contributed by atoms with Crippen molar-refractivity contribution in [3.63, 3.8) is 0 Å². The molecule has 2 saturated carbocycles. The Hall–Kier alpha value is -0.570. The standard InChI is InChI=1S/C17H29NO2/c19-16(20)15-8-4-3-7-14(15)11-18-12-17(13-18)9-5-1-2-6-10-17/h14-15H,1-13H2,(H,19,20). The predicted molar refractivity (Wildman–Crippen MR) is 79.7 cm³/mol. The summed E-state index contributed by atoms with van der Waals surface area (Å²) in [4.78, 5) is 13.9. The molecule has 0 aromatic heterocycles. The van der Waals surface area contributed by atoms with Crippen LogP contribution < -0.4 is 0 Å².